The molecule has 0 unspecified atom stereocenters. The van der Waals surface area contributed by atoms with Gasteiger partial charge < -0.3 is 4.42 Å². The standard InChI is InChI=1S/C38H24O/c1-2-12-25(13-3-1)26-14-10-15-27(24-26)36-28-16-4-6-18-30(28)37(31-19-7-5-17-29(31)36)33-21-11-23-35-38(33)32-20-8-9-22-34(32)39-35/h1-24H/i1D,2D,3D,8D,9D,11D,12D,13D,20D,21D,22D,23D. The third-order valence-corrected chi connectivity index (χ3v) is 7.07. The van der Waals surface area contributed by atoms with Crippen molar-refractivity contribution in [3.63, 3.8) is 0 Å². The normalized spacial score (nSPS) is 15.9. The van der Waals surface area contributed by atoms with Gasteiger partial charge in [0, 0.05) is 10.8 Å². The number of hydrogen-bond acceptors (Lipinski definition) is 1. The van der Waals surface area contributed by atoms with Crippen molar-refractivity contribution in [2.45, 2.75) is 0 Å². The topological polar surface area (TPSA) is 13.1 Å². The molecule has 182 valence electrons. The van der Waals surface area contributed by atoms with Crippen molar-refractivity contribution in [1.29, 1.82) is 0 Å². The highest BCUT2D eigenvalue weighted by Crippen LogP contribution is 2.47. The van der Waals surface area contributed by atoms with Gasteiger partial charge in [0.1, 0.15) is 11.2 Å². The van der Waals surface area contributed by atoms with E-state index in [0.717, 1.165) is 16.3 Å². The Hall–Kier alpha value is -5.14. The molecule has 1 nitrogen and oxygen atoms in total. The summed E-state index contributed by atoms with van der Waals surface area (Å²) in [6.07, 6.45) is 0. The fourth-order valence-corrected chi connectivity index (χ4v) is 5.48. The van der Waals surface area contributed by atoms with Crippen molar-refractivity contribution in [3.8, 4) is 33.4 Å². The van der Waals surface area contributed by atoms with Gasteiger partial charge in [-0.15, -0.1) is 0 Å². The van der Waals surface area contributed by atoms with E-state index in [4.69, 9.17) is 19.5 Å². The summed E-state index contributed by atoms with van der Waals surface area (Å²) in [6, 6.07) is 17.1. The highest BCUT2D eigenvalue weighted by atomic mass is 16.3. The van der Waals surface area contributed by atoms with Gasteiger partial charge in [-0.1, -0.05) is 127 Å². The molecule has 0 spiro atoms. The van der Waals surface area contributed by atoms with E-state index in [2.05, 4.69) is 0 Å². The Morgan fingerprint density at radius 3 is 1.79 bits per heavy atom. The molecule has 0 aliphatic rings. The van der Waals surface area contributed by atoms with Crippen LogP contribution in [0.15, 0.2) is 150 Å². The lowest BCUT2D eigenvalue weighted by atomic mass is 9.84. The number of furan rings is 1. The smallest absolute Gasteiger partial charge is 0.136 e. The Morgan fingerprint density at radius 1 is 0.436 bits per heavy atom. The Kier molecular flexibility index (Phi) is 2.92. The maximum absolute atomic E-state index is 9.25. The van der Waals surface area contributed by atoms with Gasteiger partial charge in [-0.3, -0.25) is 0 Å². The fraction of sp³-hybridized carbons (Fsp3) is 0. The van der Waals surface area contributed by atoms with Crippen LogP contribution >= 0.6 is 0 Å². The second-order valence-electron chi connectivity index (χ2n) is 9.18. The van der Waals surface area contributed by atoms with Crippen molar-refractivity contribution in [2.24, 2.45) is 0 Å². The van der Waals surface area contributed by atoms with Crippen LogP contribution < -0.4 is 0 Å². The zero-order valence-electron chi connectivity index (χ0n) is 32.3. The lowest BCUT2D eigenvalue weighted by molar-refractivity contribution is 0.669. The van der Waals surface area contributed by atoms with E-state index in [9.17, 15) is 1.37 Å². The number of fused-ring (bicyclic) bond motifs is 5. The molecule has 1 aromatic heterocycles. The number of hydrogen-bond donors (Lipinski definition) is 0. The first-order valence-corrected chi connectivity index (χ1v) is 12.4. The molecule has 0 saturated carbocycles. The fourth-order valence-electron chi connectivity index (χ4n) is 5.48. The Bertz CT molecular complexity index is 2750. The van der Waals surface area contributed by atoms with Crippen LogP contribution in [0.25, 0.3) is 76.9 Å². The average Bonchev–Trinajstić information content (AvgIpc) is 3.54. The van der Waals surface area contributed by atoms with Gasteiger partial charge >= 0.3 is 0 Å². The molecule has 0 bridgehead atoms. The molecule has 0 aliphatic heterocycles. The second kappa shape index (κ2) is 8.72. The van der Waals surface area contributed by atoms with Crippen molar-refractivity contribution >= 4 is 43.5 Å². The zero-order valence-corrected chi connectivity index (χ0v) is 20.3. The van der Waals surface area contributed by atoms with Gasteiger partial charge in [-0.2, -0.15) is 0 Å². The van der Waals surface area contributed by atoms with Crippen LogP contribution in [0.1, 0.15) is 16.4 Å². The van der Waals surface area contributed by atoms with E-state index in [1.165, 1.54) is 0 Å². The number of benzene rings is 7. The molecule has 8 aromatic rings. The first-order valence-electron chi connectivity index (χ1n) is 18.4. The van der Waals surface area contributed by atoms with Crippen molar-refractivity contribution in [3.05, 3.63) is 145 Å². The quantitative estimate of drug-likeness (QED) is 0.216. The van der Waals surface area contributed by atoms with E-state index < -0.39 is 48.3 Å². The van der Waals surface area contributed by atoms with E-state index in [0.29, 0.717) is 27.5 Å². The highest BCUT2D eigenvalue weighted by Gasteiger charge is 2.20. The summed E-state index contributed by atoms with van der Waals surface area (Å²) < 4.78 is 108. The Balaban J connectivity index is 1.53. The Morgan fingerprint density at radius 2 is 1.05 bits per heavy atom. The summed E-state index contributed by atoms with van der Waals surface area (Å²) in [7, 11) is 0. The van der Waals surface area contributed by atoms with E-state index in [1.54, 1.807) is 18.2 Å². The second-order valence-corrected chi connectivity index (χ2v) is 9.18. The summed E-state index contributed by atoms with van der Waals surface area (Å²) in [4.78, 5) is 0. The molecule has 7 aromatic carbocycles. The summed E-state index contributed by atoms with van der Waals surface area (Å²) in [5.41, 5.74) is 2.41. The molecule has 0 atom stereocenters. The van der Waals surface area contributed by atoms with Crippen LogP contribution in [-0.4, -0.2) is 0 Å². The average molecular weight is 509 g/mol. The van der Waals surface area contributed by atoms with Gasteiger partial charge in [-0.05, 0) is 73.1 Å². The summed E-state index contributed by atoms with van der Waals surface area (Å²) in [5.74, 6) is 0. The van der Waals surface area contributed by atoms with Gasteiger partial charge in [0.25, 0.3) is 0 Å². The highest BCUT2D eigenvalue weighted by molar-refractivity contribution is 6.25. The van der Waals surface area contributed by atoms with E-state index in [-0.39, 0.29) is 57.2 Å². The van der Waals surface area contributed by atoms with Crippen molar-refractivity contribution in [2.75, 3.05) is 0 Å². The lowest BCUT2D eigenvalue weighted by Crippen LogP contribution is -1.91. The SMILES string of the molecule is [2H]c1c([2H])c([2H])c(-c2cccc(-c3c4ccccc4c(-c4c([2H])c([2H])c([2H])c5oc6c([2H])c([2H])c([2H])c([2H])c6c45)c4ccccc34)c2)c([2H])c1[2H]. The van der Waals surface area contributed by atoms with Crippen LogP contribution in [0.3, 0.4) is 0 Å². The van der Waals surface area contributed by atoms with Crippen LogP contribution in [-0.2, 0) is 0 Å². The molecule has 0 radical (unpaired) electrons. The largest absolute Gasteiger partial charge is 0.456 e. The van der Waals surface area contributed by atoms with Gasteiger partial charge in [0.15, 0.2) is 0 Å². The predicted molar refractivity (Wildman–Crippen MR) is 165 cm³/mol. The molecule has 1 heteroatoms. The van der Waals surface area contributed by atoms with Crippen LogP contribution in [0.2, 0.25) is 0 Å². The third kappa shape index (κ3) is 3.41. The molecular formula is C38H24O. The van der Waals surface area contributed by atoms with E-state index >= 15 is 0 Å². The molecule has 0 aliphatic carbocycles. The summed E-state index contributed by atoms with van der Waals surface area (Å²) in [6.45, 7) is 0. The molecule has 0 N–H and O–H groups in total. The first-order chi connectivity index (χ1) is 24.3. The maximum Gasteiger partial charge on any atom is 0.136 e. The van der Waals surface area contributed by atoms with E-state index in [1.807, 2.05) is 54.6 Å². The van der Waals surface area contributed by atoms with Crippen LogP contribution in [0.5, 0.6) is 0 Å². The van der Waals surface area contributed by atoms with Crippen molar-refractivity contribution < 1.29 is 20.9 Å². The number of para-hydroxylation sites is 1. The van der Waals surface area contributed by atoms with Crippen LogP contribution in [0, 0.1) is 0 Å². The lowest BCUT2D eigenvalue weighted by Gasteiger charge is -2.18. The molecular weight excluding hydrogens is 472 g/mol. The molecule has 0 saturated heterocycles. The zero-order chi connectivity index (χ0) is 36.2. The molecule has 0 fully saturated rings. The molecule has 0 amide bonds. The minimum absolute atomic E-state index is 0.0246. The summed E-state index contributed by atoms with van der Waals surface area (Å²) >= 11 is 0. The molecule has 39 heavy (non-hydrogen) atoms. The summed E-state index contributed by atoms with van der Waals surface area (Å²) in [5, 5.41) is 2.94. The third-order valence-electron chi connectivity index (χ3n) is 7.07. The molecule has 1 heterocycles. The predicted octanol–water partition coefficient (Wildman–Crippen LogP) is 10.9. The maximum atomic E-state index is 9.25. The van der Waals surface area contributed by atoms with Gasteiger partial charge in [0.2, 0.25) is 0 Å². The van der Waals surface area contributed by atoms with Gasteiger partial charge in [-0.25, -0.2) is 0 Å². The monoisotopic (exact) mass is 508 g/mol. The minimum atomic E-state index is -0.497. The van der Waals surface area contributed by atoms with Gasteiger partial charge in [0.05, 0.1) is 16.4 Å². The Labute approximate surface area is 243 Å². The molecule has 8 rings (SSSR count). The van der Waals surface area contributed by atoms with Crippen LogP contribution in [0.4, 0.5) is 0 Å². The minimum Gasteiger partial charge on any atom is -0.456 e. The number of rotatable bonds is 3. The van der Waals surface area contributed by atoms with Crippen molar-refractivity contribution in [1.82, 2.24) is 0 Å². The first kappa shape index (κ1) is 13.1.